The number of carbonyl (C=O) groups excluding carboxylic acids is 1. The maximum Gasteiger partial charge on any atom is 0.271 e. The highest BCUT2D eigenvalue weighted by atomic mass is 16.2. The van der Waals surface area contributed by atoms with Gasteiger partial charge in [0.15, 0.2) is 0 Å². The van der Waals surface area contributed by atoms with E-state index in [4.69, 9.17) is 0 Å². The van der Waals surface area contributed by atoms with E-state index in [1.54, 1.807) is 6.33 Å². The summed E-state index contributed by atoms with van der Waals surface area (Å²) in [5, 5.41) is 10.6. The van der Waals surface area contributed by atoms with E-state index in [-0.39, 0.29) is 23.2 Å². The standard InChI is InChI=1S/C12H16N6O2/c1-8(2)18-7-16-17-10(18)3-4-13-12(20)9-5-15-11(19)6-14-9/h5-8H,3-4H2,1-2H3,(H,13,20)(H,15,19). The Kier molecular flexibility index (Phi) is 4.24. The molecule has 2 rings (SSSR count). The highest BCUT2D eigenvalue weighted by Crippen LogP contribution is 2.06. The van der Waals surface area contributed by atoms with Crippen LogP contribution in [-0.4, -0.2) is 37.2 Å². The minimum atomic E-state index is -0.341. The fourth-order valence-electron chi connectivity index (χ4n) is 1.72. The molecule has 0 radical (unpaired) electrons. The molecule has 2 heterocycles. The van der Waals surface area contributed by atoms with Gasteiger partial charge in [0.25, 0.3) is 11.5 Å². The van der Waals surface area contributed by atoms with Gasteiger partial charge in [-0.15, -0.1) is 10.2 Å². The normalized spacial score (nSPS) is 10.8. The van der Waals surface area contributed by atoms with Gasteiger partial charge in [0.05, 0.1) is 6.20 Å². The number of aromatic amines is 1. The molecular formula is C12H16N6O2. The SMILES string of the molecule is CC(C)n1cnnc1CCNC(=O)c1c[nH]c(=O)cn1. The lowest BCUT2D eigenvalue weighted by molar-refractivity contribution is 0.0948. The number of H-pyrrole nitrogens is 1. The van der Waals surface area contributed by atoms with Crippen LogP contribution in [0.4, 0.5) is 0 Å². The van der Waals surface area contributed by atoms with Crippen molar-refractivity contribution in [1.29, 1.82) is 0 Å². The van der Waals surface area contributed by atoms with Gasteiger partial charge in [0, 0.05) is 25.2 Å². The van der Waals surface area contributed by atoms with Crippen LogP contribution in [0.25, 0.3) is 0 Å². The smallest absolute Gasteiger partial charge is 0.271 e. The quantitative estimate of drug-likeness (QED) is 0.794. The number of hydrogen-bond acceptors (Lipinski definition) is 5. The Morgan fingerprint density at radius 3 is 2.95 bits per heavy atom. The van der Waals surface area contributed by atoms with Crippen molar-refractivity contribution in [2.45, 2.75) is 26.3 Å². The summed E-state index contributed by atoms with van der Waals surface area (Å²) in [5.74, 6) is 0.478. The Morgan fingerprint density at radius 1 is 1.50 bits per heavy atom. The summed E-state index contributed by atoms with van der Waals surface area (Å²) in [6.45, 7) is 4.50. The van der Waals surface area contributed by atoms with Gasteiger partial charge in [-0.1, -0.05) is 0 Å². The highest BCUT2D eigenvalue weighted by molar-refractivity contribution is 5.91. The summed E-state index contributed by atoms with van der Waals surface area (Å²) in [6.07, 6.45) is 4.61. The zero-order valence-corrected chi connectivity index (χ0v) is 11.3. The number of aromatic nitrogens is 5. The van der Waals surface area contributed by atoms with Crippen LogP contribution in [-0.2, 0) is 6.42 Å². The van der Waals surface area contributed by atoms with Crippen molar-refractivity contribution in [2.24, 2.45) is 0 Å². The van der Waals surface area contributed by atoms with E-state index < -0.39 is 0 Å². The van der Waals surface area contributed by atoms with Gasteiger partial charge in [0.2, 0.25) is 0 Å². The van der Waals surface area contributed by atoms with E-state index in [2.05, 4.69) is 25.5 Å². The summed E-state index contributed by atoms with van der Waals surface area (Å²) < 4.78 is 1.95. The monoisotopic (exact) mass is 276 g/mol. The Morgan fingerprint density at radius 2 is 2.30 bits per heavy atom. The zero-order valence-electron chi connectivity index (χ0n) is 11.3. The third-order valence-electron chi connectivity index (χ3n) is 2.74. The molecule has 0 bridgehead atoms. The lowest BCUT2D eigenvalue weighted by Crippen LogP contribution is -2.28. The molecule has 0 saturated carbocycles. The van der Waals surface area contributed by atoms with Crippen LogP contribution in [0.15, 0.2) is 23.5 Å². The molecule has 0 atom stereocenters. The summed E-state index contributed by atoms with van der Waals surface area (Å²) in [5.41, 5.74) is -0.165. The molecule has 0 fully saturated rings. The van der Waals surface area contributed by atoms with E-state index in [1.807, 2.05) is 18.4 Å². The third kappa shape index (κ3) is 3.28. The van der Waals surface area contributed by atoms with E-state index in [0.717, 1.165) is 12.0 Å². The largest absolute Gasteiger partial charge is 0.350 e. The van der Waals surface area contributed by atoms with Crippen LogP contribution in [0.5, 0.6) is 0 Å². The maximum absolute atomic E-state index is 11.8. The van der Waals surface area contributed by atoms with E-state index in [0.29, 0.717) is 13.0 Å². The minimum Gasteiger partial charge on any atom is -0.350 e. The van der Waals surface area contributed by atoms with Gasteiger partial charge in [-0.25, -0.2) is 4.98 Å². The van der Waals surface area contributed by atoms with Gasteiger partial charge in [-0.05, 0) is 13.8 Å². The zero-order chi connectivity index (χ0) is 14.5. The number of amides is 1. The number of nitrogens with zero attached hydrogens (tertiary/aromatic N) is 4. The molecule has 0 aliphatic carbocycles. The molecule has 2 aromatic heterocycles. The second kappa shape index (κ2) is 6.09. The van der Waals surface area contributed by atoms with Crippen LogP contribution in [0.3, 0.4) is 0 Å². The Balaban J connectivity index is 1.89. The molecule has 8 nitrogen and oxygen atoms in total. The number of hydrogen-bond donors (Lipinski definition) is 2. The van der Waals surface area contributed by atoms with Gasteiger partial charge in [-0.2, -0.15) is 0 Å². The molecule has 0 aliphatic heterocycles. The van der Waals surface area contributed by atoms with Gasteiger partial charge in [-0.3, -0.25) is 9.59 Å². The molecule has 0 aliphatic rings. The molecular weight excluding hydrogens is 260 g/mol. The van der Waals surface area contributed by atoms with Crippen LogP contribution < -0.4 is 10.9 Å². The molecule has 8 heteroatoms. The molecule has 106 valence electrons. The van der Waals surface area contributed by atoms with Crippen LogP contribution >= 0.6 is 0 Å². The Labute approximate surface area is 115 Å². The van der Waals surface area contributed by atoms with Gasteiger partial charge >= 0.3 is 0 Å². The van der Waals surface area contributed by atoms with Crippen molar-refractivity contribution in [3.63, 3.8) is 0 Å². The number of carbonyl (C=O) groups is 1. The van der Waals surface area contributed by atoms with Crippen molar-refractivity contribution in [3.8, 4) is 0 Å². The van der Waals surface area contributed by atoms with Crippen molar-refractivity contribution in [2.75, 3.05) is 6.54 Å². The molecule has 0 aromatic carbocycles. The summed E-state index contributed by atoms with van der Waals surface area (Å²) in [6, 6.07) is 0.275. The van der Waals surface area contributed by atoms with Crippen molar-refractivity contribution >= 4 is 5.91 Å². The Hall–Kier alpha value is -2.51. The fourth-order valence-corrected chi connectivity index (χ4v) is 1.72. The molecule has 0 spiro atoms. The van der Waals surface area contributed by atoms with Gasteiger partial charge < -0.3 is 14.9 Å². The first-order valence-corrected chi connectivity index (χ1v) is 6.29. The van der Waals surface area contributed by atoms with Crippen LogP contribution in [0, 0.1) is 0 Å². The molecule has 2 N–H and O–H groups in total. The topological polar surface area (TPSA) is 106 Å². The maximum atomic E-state index is 11.8. The molecule has 0 saturated heterocycles. The predicted octanol–water partition coefficient (Wildman–Crippen LogP) is -0.0852. The Bertz CT molecular complexity index is 625. The second-order valence-electron chi connectivity index (χ2n) is 4.55. The van der Waals surface area contributed by atoms with Crippen molar-refractivity contribution in [1.82, 2.24) is 30.0 Å². The van der Waals surface area contributed by atoms with E-state index >= 15 is 0 Å². The predicted molar refractivity (Wildman–Crippen MR) is 71.3 cm³/mol. The lowest BCUT2D eigenvalue weighted by atomic mass is 10.3. The summed E-state index contributed by atoms with van der Waals surface area (Å²) in [4.78, 5) is 28.8. The average Bonchev–Trinajstić information content (AvgIpc) is 2.88. The minimum absolute atomic E-state index is 0.176. The third-order valence-corrected chi connectivity index (χ3v) is 2.74. The fraction of sp³-hybridized carbons (Fsp3) is 0.417. The second-order valence-corrected chi connectivity index (χ2v) is 4.55. The van der Waals surface area contributed by atoms with Crippen LogP contribution in [0.2, 0.25) is 0 Å². The molecule has 0 unspecified atom stereocenters. The van der Waals surface area contributed by atoms with Crippen LogP contribution in [0.1, 0.15) is 36.2 Å². The first kappa shape index (κ1) is 13.9. The van der Waals surface area contributed by atoms with Crippen molar-refractivity contribution < 1.29 is 4.79 Å². The number of rotatable bonds is 5. The van der Waals surface area contributed by atoms with E-state index in [9.17, 15) is 9.59 Å². The number of nitrogens with one attached hydrogen (secondary N) is 2. The van der Waals surface area contributed by atoms with Crippen molar-refractivity contribution in [3.05, 3.63) is 40.6 Å². The first-order valence-electron chi connectivity index (χ1n) is 6.29. The highest BCUT2D eigenvalue weighted by Gasteiger charge is 2.09. The average molecular weight is 276 g/mol. The summed E-state index contributed by atoms with van der Waals surface area (Å²) in [7, 11) is 0. The van der Waals surface area contributed by atoms with E-state index in [1.165, 1.54) is 6.20 Å². The molecule has 2 aromatic rings. The molecule has 1 amide bonds. The van der Waals surface area contributed by atoms with Gasteiger partial charge in [0.1, 0.15) is 17.8 Å². The molecule has 20 heavy (non-hydrogen) atoms. The lowest BCUT2D eigenvalue weighted by Gasteiger charge is -2.10. The summed E-state index contributed by atoms with van der Waals surface area (Å²) >= 11 is 0. The first-order chi connectivity index (χ1) is 9.58.